The lowest BCUT2D eigenvalue weighted by atomic mass is 10.0. The Morgan fingerprint density at radius 3 is 2.63 bits per heavy atom. The van der Waals surface area contributed by atoms with E-state index in [-0.39, 0.29) is 12.5 Å². The van der Waals surface area contributed by atoms with Crippen LogP contribution in [0.4, 0.5) is 0 Å². The molecule has 0 aliphatic carbocycles. The summed E-state index contributed by atoms with van der Waals surface area (Å²) in [6.45, 7) is 2.78. The van der Waals surface area contributed by atoms with E-state index >= 15 is 0 Å². The van der Waals surface area contributed by atoms with Crippen molar-refractivity contribution in [3.05, 3.63) is 21.9 Å². The predicted octanol–water partition coefficient (Wildman–Crippen LogP) is 2.86. The molecule has 1 unspecified atom stereocenters. The first-order valence-electron chi connectivity index (χ1n) is 6.41. The van der Waals surface area contributed by atoms with Crippen molar-refractivity contribution in [1.29, 1.82) is 0 Å². The van der Waals surface area contributed by atoms with Gasteiger partial charge in [-0.15, -0.1) is 0 Å². The van der Waals surface area contributed by atoms with Crippen molar-refractivity contribution in [2.75, 3.05) is 13.2 Å². The van der Waals surface area contributed by atoms with Crippen molar-refractivity contribution >= 4 is 29.1 Å². The molecule has 0 aromatic carbocycles. The monoisotopic (exact) mass is 306 g/mol. The summed E-state index contributed by atoms with van der Waals surface area (Å²) in [6, 6.07) is 1.56. The summed E-state index contributed by atoms with van der Waals surface area (Å²) in [5, 5.41) is 12.6. The summed E-state index contributed by atoms with van der Waals surface area (Å²) < 4.78 is 1.56. The summed E-state index contributed by atoms with van der Waals surface area (Å²) >= 11 is 11.8. The van der Waals surface area contributed by atoms with Crippen LogP contribution in [0.1, 0.15) is 36.7 Å². The molecule has 0 fully saturated rings. The van der Waals surface area contributed by atoms with Gasteiger partial charge in [0.05, 0.1) is 5.02 Å². The van der Waals surface area contributed by atoms with Crippen LogP contribution in [0.25, 0.3) is 0 Å². The molecule has 0 radical (unpaired) electrons. The van der Waals surface area contributed by atoms with E-state index in [1.807, 2.05) is 0 Å². The van der Waals surface area contributed by atoms with Crippen molar-refractivity contribution < 1.29 is 9.90 Å². The molecule has 0 bridgehead atoms. The van der Waals surface area contributed by atoms with E-state index in [4.69, 9.17) is 28.3 Å². The third kappa shape index (κ3) is 4.41. The second-order valence-electron chi connectivity index (χ2n) is 4.60. The number of nitrogens with one attached hydrogen (secondary N) is 1. The highest BCUT2D eigenvalue weighted by Crippen LogP contribution is 2.25. The molecule has 4 nitrogen and oxygen atoms in total. The Hall–Kier alpha value is -0.710. The number of hydrogen-bond donors (Lipinski definition) is 2. The topological polar surface area (TPSA) is 54.3 Å². The zero-order valence-corrected chi connectivity index (χ0v) is 12.8. The van der Waals surface area contributed by atoms with E-state index in [0.29, 0.717) is 34.8 Å². The van der Waals surface area contributed by atoms with Crippen molar-refractivity contribution in [1.82, 2.24) is 9.88 Å². The Labute approximate surface area is 123 Å². The molecule has 6 heteroatoms. The second kappa shape index (κ2) is 7.78. The predicted molar refractivity (Wildman–Crippen MR) is 77.9 cm³/mol. The van der Waals surface area contributed by atoms with E-state index in [1.54, 1.807) is 17.7 Å². The second-order valence-corrected chi connectivity index (χ2v) is 5.37. The summed E-state index contributed by atoms with van der Waals surface area (Å²) in [5.74, 6) is 0.0977. The summed E-state index contributed by atoms with van der Waals surface area (Å²) in [4.78, 5) is 12.0. The molecule has 0 spiro atoms. The van der Waals surface area contributed by atoms with Gasteiger partial charge in [-0.25, -0.2) is 0 Å². The zero-order valence-electron chi connectivity index (χ0n) is 11.2. The molecule has 0 saturated carbocycles. The smallest absolute Gasteiger partial charge is 0.268 e. The molecular weight excluding hydrogens is 287 g/mol. The highest BCUT2D eigenvalue weighted by molar-refractivity contribution is 6.41. The van der Waals surface area contributed by atoms with Crippen LogP contribution in [-0.2, 0) is 7.05 Å². The van der Waals surface area contributed by atoms with E-state index in [9.17, 15) is 4.79 Å². The molecular formula is C13H20Cl2N2O2. The number of amides is 1. The largest absolute Gasteiger partial charge is 0.396 e. The Balaban J connectivity index is 2.61. The molecule has 0 aliphatic rings. The highest BCUT2D eigenvalue weighted by atomic mass is 35.5. The fourth-order valence-electron chi connectivity index (χ4n) is 2.03. The van der Waals surface area contributed by atoms with Crippen molar-refractivity contribution in [2.45, 2.75) is 26.2 Å². The van der Waals surface area contributed by atoms with Gasteiger partial charge >= 0.3 is 0 Å². The highest BCUT2D eigenvalue weighted by Gasteiger charge is 2.16. The zero-order chi connectivity index (χ0) is 14.4. The van der Waals surface area contributed by atoms with Crippen molar-refractivity contribution in [3.63, 3.8) is 0 Å². The molecule has 0 saturated heterocycles. The molecule has 1 amide bonds. The number of halogens is 2. The molecule has 19 heavy (non-hydrogen) atoms. The molecule has 1 atom stereocenters. The van der Waals surface area contributed by atoms with Gasteiger partial charge in [0, 0.05) is 20.2 Å². The van der Waals surface area contributed by atoms with Gasteiger partial charge in [0.1, 0.15) is 10.8 Å². The molecule has 1 heterocycles. The Morgan fingerprint density at radius 1 is 1.47 bits per heavy atom. The number of nitrogens with zero attached hydrogens (tertiary/aromatic N) is 1. The third-order valence-electron chi connectivity index (χ3n) is 3.13. The minimum absolute atomic E-state index is 0.141. The van der Waals surface area contributed by atoms with Gasteiger partial charge < -0.3 is 15.0 Å². The number of aliphatic hydroxyl groups excluding tert-OH is 1. The average molecular weight is 307 g/mol. The third-order valence-corrected chi connectivity index (χ3v) is 3.98. The summed E-state index contributed by atoms with van der Waals surface area (Å²) in [7, 11) is 1.69. The maximum atomic E-state index is 12.0. The van der Waals surface area contributed by atoms with Crippen LogP contribution in [0.5, 0.6) is 0 Å². The lowest BCUT2D eigenvalue weighted by Gasteiger charge is -2.15. The molecule has 1 rings (SSSR count). The van der Waals surface area contributed by atoms with Gasteiger partial charge in [-0.2, -0.15) is 0 Å². The molecule has 1 aromatic heterocycles. The number of carbonyl (C=O) groups excluding carboxylic acids is 1. The number of rotatable bonds is 7. The average Bonchev–Trinajstić information content (AvgIpc) is 2.64. The van der Waals surface area contributed by atoms with Gasteiger partial charge in [0.25, 0.3) is 5.91 Å². The fraction of sp³-hybridized carbons (Fsp3) is 0.615. The quantitative estimate of drug-likeness (QED) is 0.814. The van der Waals surface area contributed by atoms with E-state index < -0.39 is 0 Å². The van der Waals surface area contributed by atoms with E-state index in [2.05, 4.69) is 12.2 Å². The summed E-state index contributed by atoms with van der Waals surface area (Å²) in [5.41, 5.74) is 0.439. The number of aliphatic hydroxyl groups is 1. The Bertz CT molecular complexity index is 427. The van der Waals surface area contributed by atoms with Gasteiger partial charge in [0.15, 0.2) is 0 Å². The van der Waals surface area contributed by atoms with Crippen molar-refractivity contribution in [2.24, 2.45) is 13.0 Å². The normalized spacial score (nSPS) is 12.5. The molecule has 1 aromatic rings. The van der Waals surface area contributed by atoms with Crippen LogP contribution in [-0.4, -0.2) is 28.7 Å². The molecule has 0 aliphatic heterocycles. The lowest BCUT2D eigenvalue weighted by Crippen LogP contribution is -2.31. The maximum Gasteiger partial charge on any atom is 0.268 e. The standard InChI is InChI=1S/C13H20Cl2N2O2/c1-3-4-9(5-6-18)8-16-13(19)11-7-10(14)12(15)17(11)2/h7,9,18H,3-6,8H2,1-2H3,(H,16,19). The lowest BCUT2D eigenvalue weighted by molar-refractivity contribution is 0.0935. The van der Waals surface area contributed by atoms with Crippen LogP contribution >= 0.6 is 23.2 Å². The van der Waals surface area contributed by atoms with Crippen LogP contribution < -0.4 is 5.32 Å². The SMILES string of the molecule is CCCC(CCO)CNC(=O)c1cc(Cl)c(Cl)n1C. The van der Waals surface area contributed by atoms with Gasteiger partial charge in [-0.3, -0.25) is 4.79 Å². The number of hydrogen-bond acceptors (Lipinski definition) is 2. The van der Waals surface area contributed by atoms with Gasteiger partial charge in [-0.05, 0) is 24.8 Å². The maximum absolute atomic E-state index is 12.0. The first-order chi connectivity index (χ1) is 9.01. The van der Waals surface area contributed by atoms with Crippen LogP contribution in [0.2, 0.25) is 10.2 Å². The number of carbonyl (C=O) groups is 1. The van der Waals surface area contributed by atoms with Gasteiger partial charge in [0.2, 0.25) is 0 Å². The summed E-state index contributed by atoms with van der Waals surface area (Å²) in [6.07, 6.45) is 2.71. The van der Waals surface area contributed by atoms with Crippen molar-refractivity contribution in [3.8, 4) is 0 Å². The molecule has 108 valence electrons. The first-order valence-corrected chi connectivity index (χ1v) is 7.16. The van der Waals surface area contributed by atoms with Crippen LogP contribution in [0, 0.1) is 5.92 Å². The molecule has 2 N–H and O–H groups in total. The minimum atomic E-state index is -0.199. The number of aromatic nitrogens is 1. The van der Waals surface area contributed by atoms with Crippen LogP contribution in [0.3, 0.4) is 0 Å². The van der Waals surface area contributed by atoms with Crippen LogP contribution in [0.15, 0.2) is 6.07 Å². The Kier molecular flexibility index (Phi) is 6.69. The minimum Gasteiger partial charge on any atom is -0.396 e. The van der Waals surface area contributed by atoms with E-state index in [0.717, 1.165) is 12.8 Å². The Morgan fingerprint density at radius 2 is 2.16 bits per heavy atom. The fourth-order valence-corrected chi connectivity index (χ4v) is 2.40. The van der Waals surface area contributed by atoms with Gasteiger partial charge in [-0.1, -0.05) is 36.5 Å². The first kappa shape index (κ1) is 16.3. The van der Waals surface area contributed by atoms with E-state index in [1.165, 1.54) is 0 Å².